The molecule has 0 saturated heterocycles. The van der Waals surface area contributed by atoms with Crippen LogP contribution in [0.2, 0.25) is 0 Å². The molecule has 92 valence electrons. The Labute approximate surface area is 97.8 Å². The molecule has 0 fully saturated rings. The van der Waals surface area contributed by atoms with E-state index < -0.39 is 18.0 Å². The Hall–Kier alpha value is -2.24. The molecule has 0 spiro atoms. The monoisotopic (exact) mass is 239 g/mol. The van der Waals surface area contributed by atoms with Gasteiger partial charge in [0, 0.05) is 5.69 Å². The minimum atomic E-state index is -1.66. The molecule has 1 aromatic rings. The van der Waals surface area contributed by atoms with Crippen LogP contribution >= 0.6 is 0 Å². The fraction of sp³-hybridized carbons (Fsp3) is 0.273. The molecule has 0 aliphatic heterocycles. The van der Waals surface area contributed by atoms with Gasteiger partial charge < -0.3 is 20.3 Å². The van der Waals surface area contributed by atoms with Gasteiger partial charge in [0.05, 0.1) is 6.61 Å². The van der Waals surface area contributed by atoms with Crippen LogP contribution in [0.1, 0.15) is 6.92 Å². The van der Waals surface area contributed by atoms with E-state index >= 15 is 0 Å². The molecule has 0 radical (unpaired) electrons. The zero-order chi connectivity index (χ0) is 12.8. The molecule has 0 aliphatic carbocycles. The summed E-state index contributed by atoms with van der Waals surface area (Å²) in [5.74, 6) is -2.24. The van der Waals surface area contributed by atoms with Gasteiger partial charge in [-0.25, -0.2) is 9.59 Å². The van der Waals surface area contributed by atoms with Gasteiger partial charge in [0.15, 0.2) is 0 Å². The summed E-state index contributed by atoms with van der Waals surface area (Å²) >= 11 is 0. The second-order valence-electron chi connectivity index (χ2n) is 3.21. The van der Waals surface area contributed by atoms with Crippen LogP contribution in [0.5, 0.6) is 5.75 Å². The smallest absolute Gasteiger partial charge is 0.337 e. The Balaban J connectivity index is 2.73. The summed E-state index contributed by atoms with van der Waals surface area (Å²) in [6.45, 7) is 2.37. The second-order valence-corrected chi connectivity index (χ2v) is 3.21. The largest absolute Gasteiger partial charge is 0.494 e. The van der Waals surface area contributed by atoms with Crippen LogP contribution in [0.15, 0.2) is 24.3 Å². The lowest BCUT2D eigenvalue weighted by Crippen LogP contribution is -2.37. The summed E-state index contributed by atoms with van der Waals surface area (Å²) in [6, 6.07) is 4.72. The van der Waals surface area contributed by atoms with Gasteiger partial charge in [-0.05, 0) is 31.2 Å². The van der Waals surface area contributed by atoms with Crippen LogP contribution in [-0.2, 0) is 9.59 Å². The summed E-state index contributed by atoms with van der Waals surface area (Å²) < 4.78 is 5.20. The number of hydrogen-bond donors (Lipinski definition) is 3. The molecular formula is C11H13NO5. The predicted octanol–water partition coefficient (Wildman–Crippen LogP) is 1.03. The zero-order valence-electron chi connectivity index (χ0n) is 9.21. The van der Waals surface area contributed by atoms with Gasteiger partial charge >= 0.3 is 11.9 Å². The van der Waals surface area contributed by atoms with Crippen LogP contribution in [0, 0.1) is 0 Å². The molecule has 1 aromatic carbocycles. The van der Waals surface area contributed by atoms with Crippen LogP contribution in [0.25, 0.3) is 0 Å². The van der Waals surface area contributed by atoms with Gasteiger partial charge in [0.1, 0.15) is 5.75 Å². The quantitative estimate of drug-likeness (QED) is 0.642. The molecule has 3 N–H and O–H groups in total. The number of carboxylic acids is 2. The van der Waals surface area contributed by atoms with Crippen molar-refractivity contribution in [2.75, 3.05) is 11.9 Å². The van der Waals surface area contributed by atoms with Gasteiger partial charge in [-0.1, -0.05) is 0 Å². The van der Waals surface area contributed by atoms with E-state index in [1.54, 1.807) is 24.3 Å². The number of carboxylic acid groups (broad SMARTS) is 2. The molecule has 0 bridgehead atoms. The SMILES string of the molecule is CCOc1ccc(NC(C(=O)O)C(=O)O)cc1. The Kier molecular flexibility index (Phi) is 4.33. The second kappa shape index (κ2) is 5.74. The summed E-state index contributed by atoms with van der Waals surface area (Å²) in [5.41, 5.74) is 0.406. The minimum Gasteiger partial charge on any atom is -0.494 e. The molecule has 17 heavy (non-hydrogen) atoms. The van der Waals surface area contributed by atoms with E-state index in [4.69, 9.17) is 14.9 Å². The number of aliphatic carboxylic acids is 2. The molecule has 6 nitrogen and oxygen atoms in total. The van der Waals surface area contributed by atoms with Crippen LogP contribution < -0.4 is 10.1 Å². The summed E-state index contributed by atoms with van der Waals surface area (Å²) in [7, 11) is 0. The van der Waals surface area contributed by atoms with Crippen molar-refractivity contribution in [3.8, 4) is 5.75 Å². The van der Waals surface area contributed by atoms with E-state index in [1.165, 1.54) is 0 Å². The molecule has 0 saturated carbocycles. The average Bonchev–Trinajstić information content (AvgIpc) is 2.27. The van der Waals surface area contributed by atoms with Crippen molar-refractivity contribution < 1.29 is 24.5 Å². The standard InChI is InChI=1S/C11H13NO5/c1-2-17-8-5-3-7(4-6-8)12-9(10(13)14)11(15)16/h3-6,9,12H,2H2,1H3,(H,13,14)(H,15,16). The Morgan fingerprint density at radius 2 is 1.76 bits per heavy atom. The van der Waals surface area contributed by atoms with Gasteiger partial charge in [-0.3, -0.25) is 0 Å². The van der Waals surface area contributed by atoms with E-state index in [-0.39, 0.29) is 0 Å². The molecule has 0 unspecified atom stereocenters. The number of anilines is 1. The van der Waals surface area contributed by atoms with Crippen LogP contribution in [-0.4, -0.2) is 34.8 Å². The average molecular weight is 239 g/mol. The normalized spacial score (nSPS) is 10.0. The van der Waals surface area contributed by atoms with E-state index in [9.17, 15) is 9.59 Å². The highest BCUT2D eigenvalue weighted by Crippen LogP contribution is 2.16. The first-order chi connectivity index (χ1) is 8.04. The maximum atomic E-state index is 10.6. The first-order valence-corrected chi connectivity index (χ1v) is 4.99. The zero-order valence-corrected chi connectivity index (χ0v) is 9.21. The molecule has 0 aliphatic rings. The van der Waals surface area contributed by atoms with Crippen molar-refractivity contribution in [3.63, 3.8) is 0 Å². The Morgan fingerprint density at radius 1 is 1.24 bits per heavy atom. The van der Waals surface area contributed by atoms with Crippen molar-refractivity contribution in [2.45, 2.75) is 13.0 Å². The fourth-order valence-corrected chi connectivity index (χ4v) is 1.21. The van der Waals surface area contributed by atoms with E-state index in [0.717, 1.165) is 0 Å². The highest BCUT2D eigenvalue weighted by molar-refractivity contribution is 6.00. The summed E-state index contributed by atoms with van der Waals surface area (Å²) in [5, 5.41) is 19.7. The van der Waals surface area contributed by atoms with E-state index in [1.807, 2.05) is 6.92 Å². The highest BCUT2D eigenvalue weighted by atomic mass is 16.5. The molecule has 6 heteroatoms. The van der Waals surface area contributed by atoms with E-state index in [2.05, 4.69) is 5.32 Å². The van der Waals surface area contributed by atoms with Gasteiger partial charge in [0.25, 0.3) is 0 Å². The van der Waals surface area contributed by atoms with Gasteiger partial charge in [-0.15, -0.1) is 0 Å². The molecule has 0 aromatic heterocycles. The first kappa shape index (κ1) is 12.8. The van der Waals surface area contributed by atoms with Crippen molar-refractivity contribution in [3.05, 3.63) is 24.3 Å². The number of benzene rings is 1. The molecule has 0 amide bonds. The molecule has 0 heterocycles. The van der Waals surface area contributed by atoms with Crippen LogP contribution in [0.3, 0.4) is 0 Å². The van der Waals surface area contributed by atoms with E-state index in [0.29, 0.717) is 18.0 Å². The lowest BCUT2D eigenvalue weighted by atomic mass is 10.2. The summed E-state index contributed by atoms with van der Waals surface area (Å²) in [6.07, 6.45) is 0. The van der Waals surface area contributed by atoms with Gasteiger partial charge in [-0.2, -0.15) is 0 Å². The molecule has 1 rings (SSSR count). The highest BCUT2D eigenvalue weighted by Gasteiger charge is 2.25. The topological polar surface area (TPSA) is 95.9 Å². The molecule has 0 atom stereocenters. The molecular weight excluding hydrogens is 226 g/mol. The third kappa shape index (κ3) is 3.67. The number of carbonyl (C=O) groups is 2. The van der Waals surface area contributed by atoms with Crippen molar-refractivity contribution in [2.24, 2.45) is 0 Å². The van der Waals surface area contributed by atoms with Gasteiger partial charge in [0.2, 0.25) is 6.04 Å². The third-order valence-electron chi connectivity index (χ3n) is 1.97. The number of ether oxygens (including phenoxy) is 1. The fourth-order valence-electron chi connectivity index (χ4n) is 1.21. The van der Waals surface area contributed by atoms with Crippen molar-refractivity contribution >= 4 is 17.6 Å². The van der Waals surface area contributed by atoms with Crippen molar-refractivity contribution in [1.82, 2.24) is 0 Å². The number of rotatable bonds is 6. The number of hydrogen-bond acceptors (Lipinski definition) is 4. The maximum absolute atomic E-state index is 10.6. The lowest BCUT2D eigenvalue weighted by Gasteiger charge is -2.11. The lowest BCUT2D eigenvalue weighted by molar-refractivity contribution is -0.148. The van der Waals surface area contributed by atoms with Crippen molar-refractivity contribution in [1.29, 1.82) is 0 Å². The predicted molar refractivity (Wildman–Crippen MR) is 60.3 cm³/mol. The minimum absolute atomic E-state index is 0.406. The number of nitrogens with one attached hydrogen (secondary N) is 1. The first-order valence-electron chi connectivity index (χ1n) is 4.99. The summed E-state index contributed by atoms with van der Waals surface area (Å²) in [4.78, 5) is 21.3. The third-order valence-corrected chi connectivity index (χ3v) is 1.97. The maximum Gasteiger partial charge on any atom is 0.337 e. The van der Waals surface area contributed by atoms with Crippen LogP contribution in [0.4, 0.5) is 5.69 Å². The Bertz CT molecular complexity index is 387. The Morgan fingerprint density at radius 3 is 2.18 bits per heavy atom.